The number of H-pyrrole nitrogens is 1. The van der Waals surface area contributed by atoms with Gasteiger partial charge in [0, 0.05) is 25.3 Å². The van der Waals surface area contributed by atoms with Gasteiger partial charge >= 0.3 is 5.76 Å². The molecule has 0 spiro atoms. The number of hydrogen-bond acceptors (Lipinski definition) is 3. The second kappa shape index (κ2) is 3.21. The van der Waals surface area contributed by atoms with E-state index in [-0.39, 0.29) is 0 Å². The van der Waals surface area contributed by atoms with Crippen molar-refractivity contribution >= 4 is 16.8 Å². The molecular formula is C10H12N2O2. The Morgan fingerprint density at radius 2 is 2.29 bits per heavy atom. The summed E-state index contributed by atoms with van der Waals surface area (Å²) in [5, 5.41) is 0. The molecule has 0 fully saturated rings. The molecule has 1 aromatic heterocycles. The zero-order valence-corrected chi connectivity index (χ0v) is 8.20. The summed E-state index contributed by atoms with van der Waals surface area (Å²) in [4.78, 5) is 15.6. The Morgan fingerprint density at radius 1 is 1.50 bits per heavy atom. The van der Waals surface area contributed by atoms with E-state index in [1.807, 2.05) is 25.2 Å². The molecule has 0 aliphatic heterocycles. The monoisotopic (exact) mass is 192 g/mol. The van der Waals surface area contributed by atoms with Crippen LogP contribution in [0.25, 0.3) is 11.1 Å². The van der Waals surface area contributed by atoms with Crippen molar-refractivity contribution in [1.82, 2.24) is 4.98 Å². The van der Waals surface area contributed by atoms with Gasteiger partial charge in [-0.3, -0.25) is 4.98 Å². The second-order valence-corrected chi connectivity index (χ2v) is 3.21. The standard InChI is InChI=1S/C10H12N2O2/c1-3-12(2)7-4-5-8-9(6-7)14-10(13)11-8/h4-6H,3H2,1-2H3,(H,11,13). The lowest BCUT2D eigenvalue weighted by Gasteiger charge is -2.15. The van der Waals surface area contributed by atoms with Gasteiger partial charge in [-0.2, -0.15) is 0 Å². The molecule has 14 heavy (non-hydrogen) atoms. The van der Waals surface area contributed by atoms with Crippen LogP contribution in [-0.2, 0) is 0 Å². The molecule has 0 bridgehead atoms. The Kier molecular flexibility index (Phi) is 2.04. The van der Waals surface area contributed by atoms with E-state index >= 15 is 0 Å². The minimum Gasteiger partial charge on any atom is -0.408 e. The van der Waals surface area contributed by atoms with Crippen LogP contribution in [0.2, 0.25) is 0 Å². The van der Waals surface area contributed by atoms with Crippen LogP contribution in [0.15, 0.2) is 27.4 Å². The van der Waals surface area contributed by atoms with Crippen LogP contribution in [0.1, 0.15) is 6.92 Å². The average molecular weight is 192 g/mol. The summed E-state index contributed by atoms with van der Waals surface area (Å²) >= 11 is 0. The van der Waals surface area contributed by atoms with E-state index < -0.39 is 5.76 Å². The highest BCUT2D eigenvalue weighted by Crippen LogP contribution is 2.18. The topological polar surface area (TPSA) is 49.2 Å². The van der Waals surface area contributed by atoms with Crippen LogP contribution >= 0.6 is 0 Å². The molecule has 1 aromatic carbocycles. The molecular weight excluding hydrogens is 180 g/mol. The van der Waals surface area contributed by atoms with Gasteiger partial charge in [0.1, 0.15) is 0 Å². The average Bonchev–Trinajstić information content (AvgIpc) is 2.55. The third kappa shape index (κ3) is 1.39. The summed E-state index contributed by atoms with van der Waals surface area (Å²) in [5.41, 5.74) is 2.39. The van der Waals surface area contributed by atoms with E-state index in [1.54, 1.807) is 0 Å². The number of nitrogens with one attached hydrogen (secondary N) is 1. The van der Waals surface area contributed by atoms with Gasteiger partial charge in [0.2, 0.25) is 0 Å². The Bertz CT molecular complexity index is 498. The Morgan fingerprint density at radius 3 is 3.00 bits per heavy atom. The minimum absolute atomic E-state index is 0.406. The number of anilines is 1. The lowest BCUT2D eigenvalue weighted by molar-refractivity contribution is 0.555. The Labute approximate surface area is 81.1 Å². The third-order valence-electron chi connectivity index (χ3n) is 2.32. The summed E-state index contributed by atoms with van der Waals surface area (Å²) in [6, 6.07) is 5.66. The molecule has 74 valence electrons. The molecule has 0 aliphatic carbocycles. The van der Waals surface area contributed by atoms with Gasteiger partial charge in [-0.25, -0.2) is 4.79 Å². The highest BCUT2D eigenvalue weighted by molar-refractivity contribution is 5.76. The smallest absolute Gasteiger partial charge is 0.408 e. The van der Waals surface area contributed by atoms with Crippen molar-refractivity contribution in [2.75, 3.05) is 18.5 Å². The number of benzene rings is 1. The molecule has 2 rings (SSSR count). The zero-order valence-electron chi connectivity index (χ0n) is 8.20. The third-order valence-corrected chi connectivity index (χ3v) is 2.32. The molecule has 0 atom stereocenters. The van der Waals surface area contributed by atoms with Crippen molar-refractivity contribution in [3.05, 3.63) is 28.7 Å². The van der Waals surface area contributed by atoms with Crippen LogP contribution < -0.4 is 10.7 Å². The number of aromatic amines is 1. The van der Waals surface area contributed by atoms with E-state index in [4.69, 9.17) is 4.42 Å². The molecule has 0 radical (unpaired) electrons. The first-order valence-corrected chi connectivity index (χ1v) is 4.54. The van der Waals surface area contributed by atoms with Crippen molar-refractivity contribution < 1.29 is 4.42 Å². The molecule has 0 aliphatic rings. The van der Waals surface area contributed by atoms with Crippen LogP contribution in [-0.4, -0.2) is 18.6 Å². The van der Waals surface area contributed by atoms with Gasteiger partial charge in [-0.15, -0.1) is 0 Å². The van der Waals surface area contributed by atoms with Crippen LogP contribution in [0.3, 0.4) is 0 Å². The molecule has 1 N–H and O–H groups in total. The number of fused-ring (bicyclic) bond motifs is 1. The molecule has 1 heterocycles. The maximum Gasteiger partial charge on any atom is 0.417 e. The number of nitrogens with zero attached hydrogens (tertiary/aromatic N) is 1. The number of oxazole rings is 1. The summed E-state index contributed by atoms with van der Waals surface area (Å²) in [6.45, 7) is 2.98. The number of rotatable bonds is 2. The zero-order chi connectivity index (χ0) is 10.1. The predicted molar refractivity (Wildman–Crippen MR) is 55.8 cm³/mol. The van der Waals surface area contributed by atoms with Gasteiger partial charge in [0.05, 0.1) is 5.52 Å². The normalized spacial score (nSPS) is 10.7. The molecule has 0 saturated heterocycles. The van der Waals surface area contributed by atoms with E-state index in [0.29, 0.717) is 5.58 Å². The minimum atomic E-state index is -0.406. The lowest BCUT2D eigenvalue weighted by atomic mass is 10.2. The molecule has 4 nitrogen and oxygen atoms in total. The quantitative estimate of drug-likeness (QED) is 0.785. The first-order chi connectivity index (χ1) is 6.70. The first kappa shape index (κ1) is 8.87. The predicted octanol–water partition coefficient (Wildman–Crippen LogP) is 1.58. The fourth-order valence-corrected chi connectivity index (χ4v) is 1.35. The summed E-state index contributed by atoms with van der Waals surface area (Å²) in [6.07, 6.45) is 0. The van der Waals surface area contributed by atoms with Crippen molar-refractivity contribution in [2.24, 2.45) is 0 Å². The van der Waals surface area contributed by atoms with Gasteiger partial charge in [-0.1, -0.05) is 0 Å². The SMILES string of the molecule is CCN(C)c1ccc2[nH]c(=O)oc2c1. The highest BCUT2D eigenvalue weighted by Gasteiger charge is 2.03. The summed E-state index contributed by atoms with van der Waals surface area (Å²) in [5.74, 6) is -0.406. The number of aromatic nitrogens is 1. The van der Waals surface area contributed by atoms with Gasteiger partial charge in [0.15, 0.2) is 5.58 Å². The van der Waals surface area contributed by atoms with Crippen LogP contribution in [0.4, 0.5) is 5.69 Å². The Balaban J connectivity index is 2.55. The fourth-order valence-electron chi connectivity index (χ4n) is 1.35. The largest absolute Gasteiger partial charge is 0.417 e. The first-order valence-electron chi connectivity index (χ1n) is 4.54. The van der Waals surface area contributed by atoms with Crippen molar-refractivity contribution in [2.45, 2.75) is 6.92 Å². The maximum atomic E-state index is 10.9. The number of hydrogen-bond donors (Lipinski definition) is 1. The molecule has 0 unspecified atom stereocenters. The molecule has 4 heteroatoms. The lowest BCUT2D eigenvalue weighted by Crippen LogP contribution is -2.15. The maximum absolute atomic E-state index is 10.9. The Hall–Kier alpha value is -1.71. The van der Waals surface area contributed by atoms with Crippen molar-refractivity contribution in [3.8, 4) is 0 Å². The van der Waals surface area contributed by atoms with Gasteiger partial charge in [0.25, 0.3) is 0 Å². The van der Waals surface area contributed by atoms with E-state index in [2.05, 4.69) is 16.8 Å². The van der Waals surface area contributed by atoms with Gasteiger partial charge < -0.3 is 9.32 Å². The molecule has 0 amide bonds. The van der Waals surface area contributed by atoms with E-state index in [9.17, 15) is 4.79 Å². The highest BCUT2D eigenvalue weighted by atomic mass is 16.4. The van der Waals surface area contributed by atoms with E-state index in [0.717, 1.165) is 17.7 Å². The van der Waals surface area contributed by atoms with Gasteiger partial charge in [-0.05, 0) is 19.1 Å². The second-order valence-electron chi connectivity index (χ2n) is 3.21. The van der Waals surface area contributed by atoms with Crippen molar-refractivity contribution in [1.29, 1.82) is 0 Å². The fraction of sp³-hybridized carbons (Fsp3) is 0.300. The molecule has 0 saturated carbocycles. The summed E-state index contributed by atoms with van der Waals surface area (Å²) < 4.78 is 4.97. The van der Waals surface area contributed by atoms with E-state index in [1.165, 1.54) is 0 Å². The van der Waals surface area contributed by atoms with Crippen LogP contribution in [0.5, 0.6) is 0 Å². The summed E-state index contributed by atoms with van der Waals surface area (Å²) in [7, 11) is 1.99. The molecule has 2 aromatic rings. The van der Waals surface area contributed by atoms with Crippen molar-refractivity contribution in [3.63, 3.8) is 0 Å². The van der Waals surface area contributed by atoms with Crippen LogP contribution in [0, 0.1) is 0 Å².